The molecule has 1 atom stereocenters. The van der Waals surface area contributed by atoms with Gasteiger partial charge in [0, 0.05) is 37.0 Å². The van der Waals surface area contributed by atoms with Crippen molar-refractivity contribution in [3.63, 3.8) is 0 Å². The molecule has 3 aromatic rings. The number of carboxylic acids is 1. The van der Waals surface area contributed by atoms with Gasteiger partial charge in [-0.3, -0.25) is 9.20 Å². The number of alkyl halides is 2. The van der Waals surface area contributed by atoms with Gasteiger partial charge in [-0.25, -0.2) is 18.6 Å². The number of carbonyl (C=O) groups is 1. The van der Waals surface area contributed by atoms with Crippen molar-refractivity contribution in [3.8, 4) is 6.07 Å². The number of hydrogen-bond acceptors (Lipinski definition) is 6. The number of hydrogen-bond donors (Lipinski definition) is 2. The van der Waals surface area contributed by atoms with Crippen LogP contribution in [0.2, 0.25) is 0 Å². The van der Waals surface area contributed by atoms with Gasteiger partial charge in [0.25, 0.3) is 11.5 Å². The standard InChI is InChI=1S/C25H23F2N5O3/c1-14-9-17(15(2)29-19-6-4-3-5-16(19)23(34)35)21-30-20(18(10-28)22(33)32(21)11-14)31-12-24(13-31)7-8-25(24,26)27/h3-6,9,11,15,29H,7-8,12-13H2,1-2H3,(H,34,35). The van der Waals surface area contributed by atoms with E-state index >= 15 is 0 Å². The summed E-state index contributed by atoms with van der Waals surface area (Å²) in [5, 5.41) is 22.4. The predicted molar refractivity (Wildman–Crippen MR) is 125 cm³/mol. The number of benzene rings is 1. The lowest BCUT2D eigenvalue weighted by Crippen LogP contribution is -2.70. The van der Waals surface area contributed by atoms with Crippen LogP contribution in [0.4, 0.5) is 20.3 Å². The molecule has 1 unspecified atom stereocenters. The fraction of sp³-hybridized carbons (Fsp3) is 0.360. The van der Waals surface area contributed by atoms with Gasteiger partial charge >= 0.3 is 5.97 Å². The van der Waals surface area contributed by atoms with Gasteiger partial charge in [-0.2, -0.15) is 5.26 Å². The zero-order valence-corrected chi connectivity index (χ0v) is 19.2. The van der Waals surface area contributed by atoms with E-state index in [1.54, 1.807) is 36.2 Å². The van der Waals surface area contributed by atoms with Gasteiger partial charge in [0.05, 0.1) is 17.0 Å². The van der Waals surface area contributed by atoms with Gasteiger partial charge < -0.3 is 15.3 Å². The Kier molecular flexibility index (Phi) is 5.05. The maximum Gasteiger partial charge on any atom is 0.337 e. The number of fused-ring (bicyclic) bond motifs is 1. The molecule has 8 nitrogen and oxygen atoms in total. The zero-order chi connectivity index (χ0) is 25.1. The highest BCUT2D eigenvalue weighted by Crippen LogP contribution is 2.59. The summed E-state index contributed by atoms with van der Waals surface area (Å²) in [5.41, 5.74) is 0.260. The number of nitrogens with zero attached hydrogens (tertiary/aromatic N) is 4. The Morgan fingerprint density at radius 2 is 2.00 bits per heavy atom. The Morgan fingerprint density at radius 1 is 1.29 bits per heavy atom. The second-order valence-corrected chi connectivity index (χ2v) is 9.45. The van der Waals surface area contributed by atoms with Crippen LogP contribution in [0, 0.1) is 23.7 Å². The van der Waals surface area contributed by atoms with Crippen molar-refractivity contribution >= 4 is 23.1 Å². The van der Waals surface area contributed by atoms with Crippen LogP contribution in [0.3, 0.4) is 0 Å². The first-order chi connectivity index (χ1) is 16.6. The van der Waals surface area contributed by atoms with Crippen LogP contribution in [-0.4, -0.2) is 39.5 Å². The predicted octanol–water partition coefficient (Wildman–Crippen LogP) is 3.98. The highest BCUT2D eigenvalue weighted by molar-refractivity contribution is 5.94. The SMILES string of the molecule is Cc1cc(C(C)Nc2ccccc2C(=O)O)c2nc(N3CC4(CCC4(F)F)C3)c(C#N)c(=O)n2c1. The lowest BCUT2D eigenvalue weighted by Gasteiger charge is -2.60. The number of halogens is 2. The van der Waals surface area contributed by atoms with Crippen molar-refractivity contribution < 1.29 is 18.7 Å². The second kappa shape index (κ2) is 7.77. The van der Waals surface area contributed by atoms with E-state index in [2.05, 4.69) is 10.3 Å². The number of rotatable bonds is 5. The van der Waals surface area contributed by atoms with Gasteiger partial charge in [0.2, 0.25) is 0 Å². The van der Waals surface area contributed by atoms with E-state index in [1.807, 2.05) is 19.1 Å². The largest absolute Gasteiger partial charge is 0.478 e. The van der Waals surface area contributed by atoms with E-state index in [9.17, 15) is 28.7 Å². The number of pyridine rings is 1. The van der Waals surface area contributed by atoms with E-state index in [-0.39, 0.29) is 42.1 Å². The summed E-state index contributed by atoms with van der Waals surface area (Å²) in [4.78, 5) is 31.1. The molecule has 35 heavy (non-hydrogen) atoms. The zero-order valence-electron chi connectivity index (χ0n) is 19.2. The van der Waals surface area contributed by atoms with Crippen LogP contribution >= 0.6 is 0 Å². The molecule has 2 N–H and O–H groups in total. The number of anilines is 2. The van der Waals surface area contributed by atoms with Crippen molar-refractivity contribution in [2.45, 2.75) is 38.7 Å². The third-order valence-corrected chi connectivity index (χ3v) is 7.16. The summed E-state index contributed by atoms with van der Waals surface area (Å²) < 4.78 is 29.5. The van der Waals surface area contributed by atoms with Gasteiger partial charge in [-0.05, 0) is 44.0 Å². The average Bonchev–Trinajstić information content (AvgIpc) is 2.78. The number of aryl methyl sites for hydroxylation is 1. The highest BCUT2D eigenvalue weighted by atomic mass is 19.3. The molecule has 5 rings (SSSR count). The van der Waals surface area contributed by atoms with Crippen LogP contribution in [-0.2, 0) is 0 Å². The topological polar surface area (TPSA) is 111 Å². The molecule has 0 amide bonds. The lowest BCUT2D eigenvalue weighted by molar-refractivity contribution is -0.212. The highest BCUT2D eigenvalue weighted by Gasteiger charge is 2.67. The Labute approximate surface area is 199 Å². The number of nitrogens with one attached hydrogen (secondary N) is 1. The van der Waals surface area contributed by atoms with Gasteiger partial charge in [0.1, 0.15) is 11.7 Å². The van der Waals surface area contributed by atoms with E-state index < -0.39 is 28.9 Å². The number of aromatic carboxylic acids is 1. The molecule has 1 aromatic carbocycles. The monoisotopic (exact) mass is 479 g/mol. The molecule has 1 saturated carbocycles. The van der Waals surface area contributed by atoms with Gasteiger partial charge in [0.15, 0.2) is 11.4 Å². The fourth-order valence-corrected chi connectivity index (χ4v) is 5.04. The van der Waals surface area contributed by atoms with Crippen molar-refractivity contribution in [3.05, 3.63) is 69.1 Å². The molecule has 3 heterocycles. The number of para-hydroxylation sites is 1. The van der Waals surface area contributed by atoms with E-state index in [4.69, 9.17) is 0 Å². The summed E-state index contributed by atoms with van der Waals surface area (Å²) in [7, 11) is 0. The van der Waals surface area contributed by atoms with Crippen LogP contribution in [0.5, 0.6) is 0 Å². The normalized spacial score (nSPS) is 18.4. The quantitative estimate of drug-likeness (QED) is 0.569. The number of carboxylic acid groups (broad SMARTS) is 1. The fourth-order valence-electron chi connectivity index (χ4n) is 5.04. The minimum atomic E-state index is -2.75. The first kappa shape index (κ1) is 22.8. The van der Waals surface area contributed by atoms with Gasteiger partial charge in [-0.1, -0.05) is 12.1 Å². The van der Waals surface area contributed by atoms with Crippen LogP contribution < -0.4 is 15.8 Å². The molecule has 1 spiro atoms. The Morgan fingerprint density at radius 3 is 2.60 bits per heavy atom. The summed E-state index contributed by atoms with van der Waals surface area (Å²) in [6, 6.07) is 9.76. The van der Waals surface area contributed by atoms with Crippen LogP contribution in [0.1, 0.15) is 52.9 Å². The first-order valence-corrected chi connectivity index (χ1v) is 11.3. The first-order valence-electron chi connectivity index (χ1n) is 11.3. The molecule has 0 radical (unpaired) electrons. The summed E-state index contributed by atoms with van der Waals surface area (Å²) >= 11 is 0. The molecule has 2 aliphatic rings. The smallest absolute Gasteiger partial charge is 0.337 e. The molecule has 0 bridgehead atoms. The molecule has 1 aliphatic heterocycles. The minimum Gasteiger partial charge on any atom is -0.478 e. The third-order valence-electron chi connectivity index (χ3n) is 7.16. The molecule has 2 fully saturated rings. The molecule has 1 aliphatic carbocycles. The molecule has 1 saturated heterocycles. The molecule has 180 valence electrons. The Hall–Kier alpha value is -4.00. The maximum atomic E-state index is 14.1. The molecule has 10 heteroatoms. The Balaban J connectivity index is 1.59. The Bertz CT molecular complexity index is 1470. The van der Waals surface area contributed by atoms with Crippen molar-refractivity contribution in [2.75, 3.05) is 23.3 Å². The van der Waals surface area contributed by atoms with Crippen molar-refractivity contribution in [1.82, 2.24) is 9.38 Å². The molecule has 2 aromatic heterocycles. The third kappa shape index (κ3) is 3.41. The van der Waals surface area contributed by atoms with E-state index in [0.29, 0.717) is 17.7 Å². The van der Waals surface area contributed by atoms with Crippen molar-refractivity contribution in [2.24, 2.45) is 5.41 Å². The second-order valence-electron chi connectivity index (χ2n) is 9.45. The maximum absolute atomic E-state index is 14.1. The van der Waals surface area contributed by atoms with Crippen molar-refractivity contribution in [1.29, 1.82) is 5.26 Å². The summed E-state index contributed by atoms with van der Waals surface area (Å²) in [6.07, 6.45) is 1.83. The average molecular weight is 479 g/mol. The molecular formula is C25H23F2N5O3. The van der Waals surface area contributed by atoms with E-state index in [0.717, 1.165) is 5.56 Å². The van der Waals surface area contributed by atoms with Crippen LogP contribution in [0.25, 0.3) is 5.65 Å². The number of aromatic nitrogens is 2. The summed E-state index contributed by atoms with van der Waals surface area (Å²) in [6.45, 7) is 3.69. The minimum absolute atomic E-state index is 0.0400. The van der Waals surface area contributed by atoms with Crippen LogP contribution in [0.15, 0.2) is 41.3 Å². The number of nitriles is 1. The lowest BCUT2D eigenvalue weighted by atomic mass is 9.60. The summed E-state index contributed by atoms with van der Waals surface area (Å²) in [5.74, 6) is -3.72. The van der Waals surface area contributed by atoms with E-state index in [1.165, 1.54) is 10.5 Å². The molecular weight excluding hydrogens is 456 g/mol. The van der Waals surface area contributed by atoms with Gasteiger partial charge in [-0.15, -0.1) is 0 Å².